The summed E-state index contributed by atoms with van der Waals surface area (Å²) in [5, 5.41) is 0.0457. The summed E-state index contributed by atoms with van der Waals surface area (Å²) in [6.45, 7) is 16.3. The van der Waals surface area contributed by atoms with Crippen LogP contribution in [0.25, 0.3) is 0 Å². The standard InChI is InChI=1S/C26H35NO3Si/c1-8-12-20-23(29-5)17-21-22(24(20)30-31(6,7)26(2,3)4)18-27(25(21)28)16-15-19-13-10-9-11-14-19/h8-11,13-14,17H,1,12,15-16,18H2,2-7H3. The maximum atomic E-state index is 13.3. The quantitative estimate of drug-likeness (QED) is 0.375. The maximum absolute atomic E-state index is 13.3. The summed E-state index contributed by atoms with van der Waals surface area (Å²) in [7, 11) is -0.470. The molecule has 4 nitrogen and oxygen atoms in total. The minimum Gasteiger partial charge on any atom is -0.543 e. The SMILES string of the molecule is C=CCc1c(OC)cc2c(c1O[Si](C)(C)C(C)(C)C)CN(CCc1ccccc1)C2=O. The van der Waals surface area contributed by atoms with Crippen molar-refractivity contribution in [1.82, 2.24) is 4.90 Å². The van der Waals surface area contributed by atoms with Crippen LogP contribution < -0.4 is 9.16 Å². The molecule has 0 atom stereocenters. The van der Waals surface area contributed by atoms with Crippen LogP contribution in [0.1, 0.15) is 47.8 Å². The third-order valence-electron chi connectivity index (χ3n) is 6.56. The molecule has 0 bridgehead atoms. The second kappa shape index (κ2) is 8.91. The van der Waals surface area contributed by atoms with E-state index in [1.165, 1.54) is 5.56 Å². The van der Waals surface area contributed by atoms with Crippen LogP contribution in [-0.4, -0.2) is 32.8 Å². The van der Waals surface area contributed by atoms with Gasteiger partial charge in [-0.15, -0.1) is 6.58 Å². The minimum atomic E-state index is -2.12. The van der Waals surface area contributed by atoms with Crippen LogP contribution in [0.15, 0.2) is 49.1 Å². The number of carbonyl (C=O) groups is 1. The summed E-state index contributed by atoms with van der Waals surface area (Å²) >= 11 is 0. The van der Waals surface area contributed by atoms with Gasteiger partial charge in [-0.2, -0.15) is 0 Å². The Morgan fingerprint density at radius 2 is 1.87 bits per heavy atom. The first kappa shape index (κ1) is 23.1. The number of rotatable bonds is 8. The lowest BCUT2D eigenvalue weighted by Crippen LogP contribution is -2.44. The predicted molar refractivity (Wildman–Crippen MR) is 130 cm³/mol. The smallest absolute Gasteiger partial charge is 0.254 e. The van der Waals surface area contributed by atoms with E-state index in [2.05, 4.69) is 52.6 Å². The largest absolute Gasteiger partial charge is 0.543 e. The number of allylic oxidation sites excluding steroid dienone is 1. The Labute approximate surface area is 188 Å². The fourth-order valence-corrected chi connectivity index (χ4v) is 4.71. The zero-order valence-electron chi connectivity index (χ0n) is 19.7. The Hall–Kier alpha value is -2.53. The summed E-state index contributed by atoms with van der Waals surface area (Å²) in [4.78, 5) is 15.2. The van der Waals surface area contributed by atoms with Crippen molar-refractivity contribution >= 4 is 14.2 Å². The molecule has 2 aromatic rings. The summed E-state index contributed by atoms with van der Waals surface area (Å²) < 4.78 is 12.5. The van der Waals surface area contributed by atoms with Crippen molar-refractivity contribution in [3.63, 3.8) is 0 Å². The molecular weight excluding hydrogens is 402 g/mol. The first-order valence-corrected chi connectivity index (χ1v) is 13.9. The molecule has 0 spiro atoms. The molecule has 166 valence electrons. The van der Waals surface area contributed by atoms with Crippen molar-refractivity contribution in [3.8, 4) is 11.5 Å². The van der Waals surface area contributed by atoms with Crippen LogP contribution in [0, 0.1) is 0 Å². The zero-order valence-corrected chi connectivity index (χ0v) is 20.7. The third kappa shape index (κ3) is 4.71. The molecule has 2 aromatic carbocycles. The highest BCUT2D eigenvalue weighted by molar-refractivity contribution is 6.74. The van der Waals surface area contributed by atoms with Gasteiger partial charge in [0.1, 0.15) is 11.5 Å². The average molecular weight is 438 g/mol. The molecule has 0 aliphatic carbocycles. The van der Waals surface area contributed by atoms with E-state index in [4.69, 9.17) is 9.16 Å². The van der Waals surface area contributed by atoms with E-state index >= 15 is 0 Å². The van der Waals surface area contributed by atoms with Gasteiger partial charge >= 0.3 is 0 Å². The lowest BCUT2D eigenvalue weighted by Gasteiger charge is -2.38. The number of nitrogens with zero attached hydrogens (tertiary/aromatic N) is 1. The van der Waals surface area contributed by atoms with Gasteiger partial charge in [-0.3, -0.25) is 4.79 Å². The number of methoxy groups -OCH3 is 1. The normalized spacial score (nSPS) is 13.9. The van der Waals surface area contributed by atoms with E-state index in [-0.39, 0.29) is 10.9 Å². The molecule has 0 fully saturated rings. The van der Waals surface area contributed by atoms with Gasteiger partial charge in [-0.1, -0.05) is 57.2 Å². The van der Waals surface area contributed by atoms with Gasteiger partial charge in [0.05, 0.1) is 19.2 Å². The number of ether oxygens (including phenoxy) is 1. The highest BCUT2D eigenvalue weighted by atomic mass is 28.4. The van der Waals surface area contributed by atoms with Crippen molar-refractivity contribution in [1.29, 1.82) is 0 Å². The summed E-state index contributed by atoms with van der Waals surface area (Å²) in [6.07, 6.45) is 3.33. The summed E-state index contributed by atoms with van der Waals surface area (Å²) in [6, 6.07) is 12.2. The molecule has 0 aromatic heterocycles. The molecular formula is C26H35NO3Si. The van der Waals surface area contributed by atoms with Gasteiger partial charge in [0.25, 0.3) is 14.2 Å². The van der Waals surface area contributed by atoms with E-state index < -0.39 is 8.32 Å². The molecule has 0 radical (unpaired) electrons. The first-order valence-electron chi connectivity index (χ1n) is 10.9. The molecule has 0 unspecified atom stereocenters. The van der Waals surface area contributed by atoms with Crippen LogP contribution in [0.5, 0.6) is 11.5 Å². The Kier molecular flexibility index (Phi) is 6.65. The zero-order chi connectivity index (χ0) is 22.8. The molecule has 5 heteroatoms. The van der Waals surface area contributed by atoms with E-state index in [0.29, 0.717) is 30.8 Å². The lowest BCUT2D eigenvalue weighted by atomic mass is 10.0. The molecule has 1 aliphatic rings. The van der Waals surface area contributed by atoms with Crippen LogP contribution in [0.2, 0.25) is 18.1 Å². The van der Waals surface area contributed by atoms with Gasteiger partial charge < -0.3 is 14.1 Å². The molecule has 31 heavy (non-hydrogen) atoms. The molecule has 3 rings (SSSR count). The number of hydrogen-bond donors (Lipinski definition) is 0. The number of fused-ring (bicyclic) bond motifs is 1. The number of carbonyl (C=O) groups excluding carboxylic acids is 1. The van der Waals surface area contributed by atoms with E-state index in [0.717, 1.165) is 23.3 Å². The monoisotopic (exact) mass is 437 g/mol. The van der Waals surface area contributed by atoms with Crippen LogP contribution in [0.3, 0.4) is 0 Å². The minimum absolute atomic E-state index is 0.0457. The molecule has 0 N–H and O–H groups in total. The van der Waals surface area contributed by atoms with Crippen molar-refractivity contribution in [2.75, 3.05) is 13.7 Å². The lowest BCUT2D eigenvalue weighted by molar-refractivity contribution is 0.0780. The van der Waals surface area contributed by atoms with Crippen molar-refractivity contribution in [3.05, 3.63) is 71.3 Å². The molecule has 1 heterocycles. The summed E-state index contributed by atoms with van der Waals surface area (Å²) in [5.41, 5.74) is 3.90. The van der Waals surface area contributed by atoms with Gasteiger partial charge in [-0.25, -0.2) is 0 Å². The van der Waals surface area contributed by atoms with Crippen LogP contribution in [0.4, 0.5) is 0 Å². The topological polar surface area (TPSA) is 38.8 Å². The highest BCUT2D eigenvalue weighted by Crippen LogP contribution is 2.45. The van der Waals surface area contributed by atoms with E-state index in [1.54, 1.807) is 7.11 Å². The van der Waals surface area contributed by atoms with E-state index in [1.807, 2.05) is 35.2 Å². The van der Waals surface area contributed by atoms with Gasteiger partial charge in [0, 0.05) is 17.7 Å². The molecule has 1 aliphatic heterocycles. The van der Waals surface area contributed by atoms with Gasteiger partial charge in [-0.05, 0) is 42.6 Å². The second-order valence-electron chi connectivity index (χ2n) is 9.73. The van der Waals surface area contributed by atoms with Crippen LogP contribution >= 0.6 is 0 Å². The number of benzene rings is 2. The molecule has 0 saturated heterocycles. The predicted octanol–water partition coefficient (Wildman–Crippen LogP) is 6.01. The maximum Gasteiger partial charge on any atom is 0.254 e. The Morgan fingerprint density at radius 1 is 1.19 bits per heavy atom. The number of hydrogen-bond acceptors (Lipinski definition) is 3. The summed E-state index contributed by atoms with van der Waals surface area (Å²) in [5.74, 6) is 1.58. The molecule has 1 amide bonds. The highest BCUT2D eigenvalue weighted by Gasteiger charge is 2.42. The average Bonchev–Trinajstić information content (AvgIpc) is 3.03. The Morgan fingerprint density at radius 3 is 2.45 bits per heavy atom. The van der Waals surface area contributed by atoms with Crippen molar-refractivity contribution < 1.29 is 14.0 Å². The van der Waals surface area contributed by atoms with E-state index in [9.17, 15) is 4.79 Å². The van der Waals surface area contributed by atoms with Crippen molar-refractivity contribution in [2.45, 2.75) is 58.3 Å². The van der Waals surface area contributed by atoms with Gasteiger partial charge in [0.2, 0.25) is 0 Å². The Balaban J connectivity index is 2.00. The second-order valence-corrected chi connectivity index (χ2v) is 14.5. The fourth-order valence-electron chi connectivity index (χ4n) is 3.64. The molecule has 0 saturated carbocycles. The number of amides is 1. The first-order chi connectivity index (χ1) is 14.6. The fraction of sp³-hybridized carbons (Fsp3) is 0.423. The van der Waals surface area contributed by atoms with Crippen molar-refractivity contribution in [2.24, 2.45) is 0 Å². The Bertz CT molecular complexity index is 961. The van der Waals surface area contributed by atoms with Gasteiger partial charge in [0.15, 0.2) is 0 Å². The van der Waals surface area contributed by atoms with Crippen LogP contribution in [-0.2, 0) is 19.4 Å². The third-order valence-corrected chi connectivity index (χ3v) is 10.9.